The molecule has 0 spiro atoms. The van der Waals surface area contributed by atoms with Gasteiger partial charge in [0.15, 0.2) is 0 Å². The van der Waals surface area contributed by atoms with Gasteiger partial charge in [-0.2, -0.15) is 6.92 Å². The predicted octanol–water partition coefficient (Wildman–Crippen LogP) is 5.93. The van der Waals surface area contributed by atoms with E-state index in [1.165, 1.54) is 25.7 Å². The van der Waals surface area contributed by atoms with Gasteiger partial charge in [-0.1, -0.05) is 47.5 Å². The number of carboxylic acids is 1. The molecule has 2 aromatic rings. The summed E-state index contributed by atoms with van der Waals surface area (Å²) in [6.07, 6.45) is 4.27. The van der Waals surface area contributed by atoms with E-state index in [9.17, 15) is 4.79 Å². The van der Waals surface area contributed by atoms with Crippen LogP contribution in [-0.2, 0) is 33.6 Å². The largest absolute Gasteiger partial charge is 0.481 e. The molecule has 9 heteroatoms. The van der Waals surface area contributed by atoms with Crippen molar-refractivity contribution in [3.8, 4) is 0 Å². The molecule has 0 aliphatic carbocycles. The van der Waals surface area contributed by atoms with Gasteiger partial charge in [0.25, 0.3) is 0 Å². The maximum absolute atomic E-state index is 10.8. The molecule has 0 saturated carbocycles. The van der Waals surface area contributed by atoms with Gasteiger partial charge in [0, 0.05) is 55.0 Å². The Labute approximate surface area is 225 Å². The van der Waals surface area contributed by atoms with Gasteiger partial charge < -0.3 is 24.8 Å². The molecule has 2 aliphatic heterocycles. The molecular weight excluding hydrogens is 572 g/mol. The molecule has 2 aromatic carbocycles. The summed E-state index contributed by atoms with van der Waals surface area (Å²) in [5.74, 6) is 0.0981. The second-order valence-electron chi connectivity index (χ2n) is 7.60. The number of halogens is 2. The Hall–Kier alpha value is -0.620. The van der Waals surface area contributed by atoms with Crippen molar-refractivity contribution < 1.29 is 32.3 Å². The topological polar surface area (TPSA) is 64.6 Å². The number of hydrogen-bond donors (Lipinski definition) is 3. The van der Waals surface area contributed by atoms with Crippen LogP contribution in [-0.4, -0.2) is 54.8 Å². The van der Waals surface area contributed by atoms with Crippen molar-refractivity contribution in [2.24, 2.45) is 5.92 Å². The first-order valence-corrected chi connectivity index (χ1v) is 13.2. The van der Waals surface area contributed by atoms with Crippen LogP contribution in [0.5, 0.6) is 0 Å². The molecule has 0 aromatic heterocycles. The van der Waals surface area contributed by atoms with E-state index in [0.717, 1.165) is 5.92 Å². The Morgan fingerprint density at radius 3 is 2.45 bits per heavy atom. The first-order chi connectivity index (χ1) is 14.9. The Morgan fingerprint density at radius 1 is 1.21 bits per heavy atom. The molecule has 2 fully saturated rings. The zero-order valence-corrected chi connectivity index (χ0v) is 23.4. The molecule has 1 radical (unpaired) electrons. The molecule has 5 nitrogen and oxygen atoms in total. The van der Waals surface area contributed by atoms with Crippen molar-refractivity contribution >= 4 is 48.5 Å². The third-order valence-electron chi connectivity index (χ3n) is 5.03. The number of fused-ring (bicyclic) bond motifs is 2. The van der Waals surface area contributed by atoms with Crippen LogP contribution in [0.2, 0.25) is 10.0 Å². The van der Waals surface area contributed by atoms with Crippen LogP contribution >= 0.6 is 31.1 Å². The number of benzene rings is 2. The second kappa shape index (κ2) is 16.9. The minimum atomic E-state index is -0.889. The molecule has 2 saturated heterocycles. The number of rotatable bonds is 4. The monoisotopic (exact) mass is 605 g/mol. The quantitative estimate of drug-likeness (QED) is 0.229. The Morgan fingerprint density at radius 2 is 1.85 bits per heavy atom. The van der Waals surface area contributed by atoms with Crippen molar-refractivity contribution in [2.45, 2.75) is 13.3 Å². The van der Waals surface area contributed by atoms with Crippen molar-refractivity contribution in [3.05, 3.63) is 72.4 Å². The molecule has 3 N–H and O–H groups in total. The summed E-state index contributed by atoms with van der Waals surface area (Å²) in [5, 5.41) is 16.5. The number of nitrogens with one attached hydrogen (secondary N) is 2. The minimum absolute atomic E-state index is 0. The zero-order chi connectivity index (χ0) is 22.8. The smallest absolute Gasteiger partial charge is 0.307 e. The van der Waals surface area contributed by atoms with E-state index in [0.29, 0.717) is 27.0 Å². The standard InChI is InChI=1S/C14H11Cl2NO2.C7H15N2P.C2H5.CH3.Ag/c15-10-5-3-6-11(16)14(10)17-12-7-2-1-4-9(12)8-13(18)19;1-9-3-7-2-8-5-10(4-7)6-9;1-2;;/h1-7,17H,8H2,(H,18,19);7-8H,2-6H2,1H3;1H2,2H3;1H3;/q;;2*-1;/p+1. The Balaban J connectivity index is 0.000000621. The maximum atomic E-state index is 10.8. The first kappa shape index (κ1) is 32.4. The van der Waals surface area contributed by atoms with E-state index in [4.69, 9.17) is 28.3 Å². The van der Waals surface area contributed by atoms with Crippen molar-refractivity contribution in [1.29, 1.82) is 0 Å². The molecule has 4 rings (SSSR count). The number of anilines is 2. The van der Waals surface area contributed by atoms with Gasteiger partial charge >= 0.3 is 5.97 Å². The van der Waals surface area contributed by atoms with Crippen LogP contribution in [0.4, 0.5) is 11.4 Å². The summed E-state index contributed by atoms with van der Waals surface area (Å²) in [6, 6.07) is 12.3. The molecule has 2 heterocycles. The van der Waals surface area contributed by atoms with E-state index in [-0.39, 0.29) is 44.1 Å². The average molecular weight is 607 g/mol. The van der Waals surface area contributed by atoms with Gasteiger partial charge in [0.1, 0.15) is 12.6 Å². The van der Waals surface area contributed by atoms with Crippen LogP contribution in [0.3, 0.4) is 0 Å². The SMILES string of the molecule is CN1CC2CNC[PH+](C2)C1.O=C(O)Cc1ccccc1Nc1c(Cl)cccc1Cl.[Ag].[CH2-]C.[CH3-]. The zero-order valence-electron chi connectivity index (χ0n) is 19.4. The summed E-state index contributed by atoms with van der Waals surface area (Å²) in [7, 11) is 2.28. The molecule has 0 amide bonds. The second-order valence-corrected chi connectivity index (χ2v) is 11.0. The van der Waals surface area contributed by atoms with Gasteiger partial charge in [-0.25, -0.2) is 0 Å². The van der Waals surface area contributed by atoms with Crippen molar-refractivity contribution in [1.82, 2.24) is 10.2 Å². The predicted molar refractivity (Wildman–Crippen MR) is 142 cm³/mol. The molecule has 2 unspecified atom stereocenters. The third kappa shape index (κ3) is 10.7. The van der Waals surface area contributed by atoms with Crippen LogP contribution in [0.1, 0.15) is 12.5 Å². The number of carbonyl (C=O) groups is 1. The van der Waals surface area contributed by atoms with E-state index in [1.54, 1.807) is 49.5 Å². The molecule has 189 valence electrons. The fraction of sp³-hybridized carbons (Fsp3) is 0.375. The summed E-state index contributed by atoms with van der Waals surface area (Å²) < 4.78 is 0. The number of carboxylic acid groups (broad SMARTS) is 1. The van der Waals surface area contributed by atoms with Gasteiger partial charge in [-0.15, -0.1) is 0 Å². The molecule has 33 heavy (non-hydrogen) atoms. The summed E-state index contributed by atoms with van der Waals surface area (Å²) >= 11 is 12.1. The summed E-state index contributed by atoms with van der Waals surface area (Å²) in [5.41, 5.74) is 1.93. The number of hydrogen-bond acceptors (Lipinski definition) is 4. The fourth-order valence-electron chi connectivity index (χ4n) is 3.85. The van der Waals surface area contributed by atoms with E-state index in [1.807, 2.05) is 6.07 Å². The first-order valence-electron chi connectivity index (χ1n) is 10.4. The number of nitrogens with zero attached hydrogens (tertiary/aromatic N) is 1. The summed E-state index contributed by atoms with van der Waals surface area (Å²) in [6.45, 7) is 7.61. The Bertz CT molecular complexity index is 824. The molecular formula is C24H35AgCl2N3O2P-. The third-order valence-corrected chi connectivity index (χ3v) is 8.55. The van der Waals surface area contributed by atoms with Crippen LogP contribution in [0.25, 0.3) is 0 Å². The van der Waals surface area contributed by atoms with Crippen LogP contribution in [0, 0.1) is 20.3 Å². The summed E-state index contributed by atoms with van der Waals surface area (Å²) in [4.78, 5) is 13.3. The maximum Gasteiger partial charge on any atom is 0.307 e. The van der Waals surface area contributed by atoms with Gasteiger partial charge in [-0.05, 0) is 30.8 Å². The Kier molecular flexibility index (Phi) is 16.6. The van der Waals surface area contributed by atoms with Crippen LogP contribution in [0.15, 0.2) is 42.5 Å². The average Bonchev–Trinajstić information content (AvgIpc) is 2.73. The number of para-hydroxylation sites is 2. The molecule has 2 bridgehead atoms. The van der Waals surface area contributed by atoms with Gasteiger partial charge in [-0.3, -0.25) is 15.0 Å². The molecule has 2 atom stereocenters. The van der Waals surface area contributed by atoms with Gasteiger partial charge in [0.2, 0.25) is 0 Å². The van der Waals surface area contributed by atoms with E-state index >= 15 is 0 Å². The fourth-order valence-corrected chi connectivity index (χ4v) is 7.21. The number of aliphatic carboxylic acids is 1. The minimum Gasteiger partial charge on any atom is -0.481 e. The molecule has 2 aliphatic rings. The van der Waals surface area contributed by atoms with Crippen molar-refractivity contribution in [2.75, 3.05) is 44.2 Å². The van der Waals surface area contributed by atoms with Crippen LogP contribution < -0.4 is 10.6 Å². The normalized spacial score (nSPS) is 18.7. The van der Waals surface area contributed by atoms with E-state index in [2.05, 4.69) is 29.5 Å². The van der Waals surface area contributed by atoms with Crippen molar-refractivity contribution in [3.63, 3.8) is 0 Å². The van der Waals surface area contributed by atoms with E-state index < -0.39 is 5.97 Å². The van der Waals surface area contributed by atoms with Gasteiger partial charge in [0.05, 0.1) is 28.3 Å².